The van der Waals surface area contributed by atoms with Gasteiger partial charge in [-0.25, -0.2) is 15.4 Å². The highest BCUT2D eigenvalue weighted by atomic mass is 32.2. The summed E-state index contributed by atoms with van der Waals surface area (Å²) < 4.78 is 38.6. The highest BCUT2D eigenvalue weighted by Gasteiger charge is 2.30. The molecule has 0 aliphatic carbocycles. The zero-order valence-corrected chi connectivity index (χ0v) is 18.5. The topological polar surface area (TPSA) is 67.2 Å². The van der Waals surface area contributed by atoms with Crippen LogP contribution in [0, 0.1) is 13.8 Å². The van der Waals surface area contributed by atoms with Crippen LogP contribution in [0.1, 0.15) is 45.4 Å². The van der Waals surface area contributed by atoms with E-state index in [0.29, 0.717) is 16.5 Å². The van der Waals surface area contributed by atoms with E-state index < -0.39 is 17.6 Å². The lowest BCUT2D eigenvalue weighted by molar-refractivity contribution is -0.137. The summed E-state index contributed by atoms with van der Waals surface area (Å²) in [4.78, 5) is 21.1. The van der Waals surface area contributed by atoms with E-state index in [1.165, 1.54) is 30.8 Å². The Balaban J connectivity index is 1.61. The number of benzene rings is 2. The minimum atomic E-state index is -4.44. The molecule has 3 rings (SSSR count). The highest BCUT2D eigenvalue weighted by Crippen LogP contribution is 2.29. The number of alkyl halides is 3. The fourth-order valence-corrected chi connectivity index (χ4v) is 3.75. The molecule has 0 unspecified atom stereocenters. The molecule has 32 heavy (non-hydrogen) atoms. The molecule has 1 amide bonds. The quantitative estimate of drug-likeness (QED) is 0.227. The number of hydrazone groups is 1. The van der Waals surface area contributed by atoms with Crippen LogP contribution in [0.25, 0.3) is 0 Å². The van der Waals surface area contributed by atoms with Gasteiger partial charge in [0.15, 0.2) is 5.16 Å². The Morgan fingerprint density at radius 1 is 1.00 bits per heavy atom. The number of amides is 1. The van der Waals surface area contributed by atoms with Crippen LogP contribution in [0.3, 0.4) is 0 Å². The monoisotopic (exact) mass is 458 g/mol. The van der Waals surface area contributed by atoms with Crippen LogP contribution in [-0.2, 0) is 11.9 Å². The summed E-state index contributed by atoms with van der Waals surface area (Å²) in [7, 11) is 0. The van der Waals surface area contributed by atoms with Crippen LogP contribution in [0.15, 0.2) is 64.9 Å². The summed E-state index contributed by atoms with van der Waals surface area (Å²) >= 11 is 1.51. The van der Waals surface area contributed by atoms with Crippen LogP contribution < -0.4 is 5.43 Å². The maximum Gasteiger partial charge on any atom is 0.416 e. The van der Waals surface area contributed by atoms with Gasteiger partial charge in [0.05, 0.1) is 11.3 Å². The van der Waals surface area contributed by atoms with Crippen molar-refractivity contribution < 1.29 is 18.0 Å². The van der Waals surface area contributed by atoms with Crippen LogP contribution in [0.2, 0.25) is 0 Å². The number of aromatic nitrogens is 2. The number of carbonyl (C=O) groups excluding carboxylic acids is 1. The van der Waals surface area contributed by atoms with E-state index in [-0.39, 0.29) is 11.3 Å². The maximum absolute atomic E-state index is 12.9. The first-order valence-electron chi connectivity index (χ1n) is 9.68. The second kappa shape index (κ2) is 9.95. The number of nitrogens with zero attached hydrogens (tertiary/aromatic N) is 3. The lowest BCUT2D eigenvalue weighted by Gasteiger charge is -2.09. The van der Waals surface area contributed by atoms with Gasteiger partial charge >= 0.3 is 6.18 Å². The van der Waals surface area contributed by atoms with Crippen LogP contribution in [0.4, 0.5) is 13.2 Å². The largest absolute Gasteiger partial charge is 0.416 e. The van der Waals surface area contributed by atoms with Crippen molar-refractivity contribution in [3.63, 3.8) is 0 Å². The molecular weight excluding hydrogens is 437 g/mol. The predicted octanol–water partition coefficient (Wildman–Crippen LogP) is 5.56. The van der Waals surface area contributed by atoms with Crippen molar-refractivity contribution in [2.75, 3.05) is 0 Å². The Labute approximate surface area is 188 Å². The van der Waals surface area contributed by atoms with E-state index in [9.17, 15) is 18.0 Å². The molecule has 1 N–H and O–H groups in total. The summed E-state index contributed by atoms with van der Waals surface area (Å²) in [5, 5.41) is 4.64. The minimum Gasteiger partial charge on any atom is -0.267 e. The summed E-state index contributed by atoms with van der Waals surface area (Å²) in [6, 6.07) is 13.7. The minimum absolute atomic E-state index is 0.269. The van der Waals surface area contributed by atoms with Crippen molar-refractivity contribution in [1.82, 2.24) is 15.4 Å². The van der Waals surface area contributed by atoms with Crippen LogP contribution >= 0.6 is 11.8 Å². The molecule has 0 spiro atoms. The molecule has 0 radical (unpaired) electrons. The molecule has 166 valence electrons. The summed E-state index contributed by atoms with van der Waals surface area (Å²) in [6.45, 7) is 5.37. The lowest BCUT2D eigenvalue weighted by Crippen LogP contribution is -2.19. The predicted molar refractivity (Wildman–Crippen MR) is 119 cm³/mol. The molecule has 0 saturated heterocycles. The third kappa shape index (κ3) is 6.40. The van der Waals surface area contributed by atoms with E-state index in [2.05, 4.69) is 20.5 Å². The first kappa shape index (κ1) is 23.5. The molecule has 0 saturated carbocycles. The van der Waals surface area contributed by atoms with Crippen LogP contribution in [0.5, 0.6) is 0 Å². The first-order chi connectivity index (χ1) is 15.1. The van der Waals surface area contributed by atoms with Gasteiger partial charge in [-0.05, 0) is 62.2 Å². The highest BCUT2D eigenvalue weighted by molar-refractivity contribution is 7.98. The van der Waals surface area contributed by atoms with Gasteiger partial charge in [0.25, 0.3) is 5.91 Å². The van der Waals surface area contributed by atoms with Gasteiger partial charge in [0.2, 0.25) is 0 Å². The molecule has 9 heteroatoms. The van der Waals surface area contributed by atoms with Gasteiger partial charge in [-0.3, -0.25) is 4.79 Å². The van der Waals surface area contributed by atoms with Crippen molar-refractivity contribution in [3.8, 4) is 0 Å². The molecule has 2 aromatic carbocycles. The molecule has 0 fully saturated rings. The number of aryl methyl sites for hydroxylation is 2. The molecule has 0 atom stereocenters. The van der Waals surface area contributed by atoms with E-state index in [1.54, 1.807) is 12.1 Å². The van der Waals surface area contributed by atoms with Gasteiger partial charge in [0.1, 0.15) is 0 Å². The van der Waals surface area contributed by atoms with E-state index in [1.807, 2.05) is 32.0 Å². The van der Waals surface area contributed by atoms with Crippen molar-refractivity contribution in [3.05, 3.63) is 88.2 Å². The Morgan fingerprint density at radius 3 is 2.28 bits per heavy atom. The Bertz CT molecular complexity index is 1120. The number of hydrogen-bond acceptors (Lipinski definition) is 5. The molecular formula is C23H21F3N4OS. The fourth-order valence-electron chi connectivity index (χ4n) is 2.84. The van der Waals surface area contributed by atoms with E-state index >= 15 is 0 Å². The van der Waals surface area contributed by atoms with Crippen molar-refractivity contribution in [1.29, 1.82) is 0 Å². The lowest BCUT2D eigenvalue weighted by atomic mass is 10.1. The molecule has 0 bridgehead atoms. The Kier molecular flexibility index (Phi) is 7.29. The van der Waals surface area contributed by atoms with Crippen molar-refractivity contribution >= 4 is 23.4 Å². The zero-order chi connectivity index (χ0) is 23.3. The van der Waals surface area contributed by atoms with Gasteiger partial charge in [-0.15, -0.1) is 0 Å². The standard InChI is InChI=1S/C23H21F3N4OS/c1-14-11-15(2)28-22(27-14)32-13-17-7-9-18(10-8-17)21(31)30-29-16(3)19-5-4-6-20(12-19)23(24,25)26/h4-12H,13H2,1-3H3,(H,30,31)/b29-16-. The second-order valence-corrected chi connectivity index (χ2v) is 8.08. The van der Waals surface area contributed by atoms with Gasteiger partial charge in [-0.1, -0.05) is 36.0 Å². The second-order valence-electron chi connectivity index (χ2n) is 7.14. The van der Waals surface area contributed by atoms with Gasteiger partial charge in [-0.2, -0.15) is 18.3 Å². The number of rotatable bonds is 6. The van der Waals surface area contributed by atoms with Crippen molar-refractivity contribution in [2.24, 2.45) is 5.10 Å². The molecule has 3 aromatic rings. The fraction of sp³-hybridized carbons (Fsp3) is 0.217. The van der Waals surface area contributed by atoms with Gasteiger partial charge in [0, 0.05) is 22.7 Å². The number of thioether (sulfide) groups is 1. The van der Waals surface area contributed by atoms with Crippen LogP contribution in [-0.4, -0.2) is 21.6 Å². The third-order valence-corrected chi connectivity index (χ3v) is 5.40. The number of nitrogens with one attached hydrogen (secondary N) is 1. The molecule has 0 aliphatic rings. The normalized spacial score (nSPS) is 12.0. The summed E-state index contributed by atoms with van der Waals surface area (Å²) in [6.07, 6.45) is -4.44. The number of halogens is 3. The van der Waals surface area contributed by atoms with Crippen molar-refractivity contribution in [2.45, 2.75) is 37.9 Å². The smallest absolute Gasteiger partial charge is 0.267 e. The average molecular weight is 459 g/mol. The third-order valence-electron chi connectivity index (χ3n) is 4.48. The molecule has 1 aromatic heterocycles. The number of hydrogen-bond donors (Lipinski definition) is 1. The Hall–Kier alpha value is -3.20. The Morgan fingerprint density at radius 2 is 1.66 bits per heavy atom. The molecule has 1 heterocycles. The first-order valence-corrected chi connectivity index (χ1v) is 10.7. The molecule has 5 nitrogen and oxygen atoms in total. The number of carbonyl (C=O) groups is 1. The zero-order valence-electron chi connectivity index (χ0n) is 17.7. The molecule has 0 aliphatic heterocycles. The summed E-state index contributed by atoms with van der Waals surface area (Å²) in [5.74, 6) is 0.200. The van der Waals surface area contributed by atoms with E-state index in [4.69, 9.17) is 0 Å². The van der Waals surface area contributed by atoms with Gasteiger partial charge < -0.3 is 0 Å². The average Bonchev–Trinajstić information content (AvgIpc) is 2.75. The maximum atomic E-state index is 12.9. The van der Waals surface area contributed by atoms with E-state index in [0.717, 1.165) is 29.1 Å². The summed E-state index contributed by atoms with van der Waals surface area (Å²) in [5.41, 5.74) is 5.38. The SMILES string of the molecule is C/C(=N/NC(=O)c1ccc(CSc2nc(C)cc(C)n2)cc1)c1cccc(C(F)(F)F)c1.